The van der Waals surface area contributed by atoms with E-state index in [2.05, 4.69) is 247 Å². The molecule has 3 aromatic heterocycles. The monoisotopic (exact) mass is 973 g/mol. The van der Waals surface area contributed by atoms with Gasteiger partial charge in [-0.05, 0) is 184 Å². The lowest BCUT2D eigenvalue weighted by Gasteiger charge is -2.12. The summed E-state index contributed by atoms with van der Waals surface area (Å²) in [6, 6.07) is 76.2. The summed E-state index contributed by atoms with van der Waals surface area (Å²) in [6.45, 7) is 12.6. The fraction of sp³-hybridized carbons (Fsp3) is 0.100. The molecule has 0 bridgehead atoms. The Morgan fingerprint density at radius 2 is 0.878 bits per heavy atom. The zero-order valence-electron chi connectivity index (χ0n) is 42.9. The summed E-state index contributed by atoms with van der Waals surface area (Å²) in [6.07, 6.45) is 8.87. The topological polar surface area (TPSA) is 22.8 Å². The van der Waals surface area contributed by atoms with Crippen molar-refractivity contribution in [1.82, 2.24) is 14.1 Å². The SMILES string of the molecule is C/C=C\C(S)=C(/CC)c1ccc(-c2ccc3c(c2)c2cc(-c4cccc(-c5ccc6c(c5)c5cc(-c7ccc(-c8cnccc8C)c(C)c7)ccc5n6-c5ccccc5)c4)ccc2n3-c2ccccc2)cc1.CC. The summed E-state index contributed by atoms with van der Waals surface area (Å²) >= 11 is 4.81. The molecule has 0 aliphatic heterocycles. The van der Waals surface area contributed by atoms with Crippen LogP contribution < -0.4 is 0 Å². The minimum atomic E-state index is 0.916. The van der Waals surface area contributed by atoms with Gasteiger partial charge in [-0.3, -0.25) is 4.98 Å². The van der Waals surface area contributed by atoms with Crippen molar-refractivity contribution in [3.8, 4) is 67.0 Å². The fourth-order valence-electron chi connectivity index (χ4n) is 10.9. The maximum atomic E-state index is 4.81. The van der Waals surface area contributed by atoms with Crippen molar-refractivity contribution >= 4 is 61.8 Å². The lowest BCUT2D eigenvalue weighted by molar-refractivity contribution is 1.18. The van der Waals surface area contributed by atoms with Gasteiger partial charge in [-0.15, -0.1) is 12.6 Å². The number of pyridine rings is 1. The Balaban J connectivity index is 0.00000291. The smallest absolute Gasteiger partial charge is 0.0541 e. The van der Waals surface area contributed by atoms with E-state index in [0.717, 1.165) is 22.7 Å². The molecule has 0 N–H and O–H groups in total. The van der Waals surface area contributed by atoms with E-state index in [4.69, 9.17) is 12.6 Å². The van der Waals surface area contributed by atoms with Gasteiger partial charge < -0.3 is 9.13 Å². The van der Waals surface area contributed by atoms with Crippen LogP contribution in [0.5, 0.6) is 0 Å². The Bertz CT molecular complexity index is 4100. The number of allylic oxidation sites excluding steroid dienone is 3. The molecule has 0 saturated heterocycles. The Kier molecular flexibility index (Phi) is 13.3. The van der Waals surface area contributed by atoms with Gasteiger partial charge in [0.15, 0.2) is 0 Å². The first kappa shape index (κ1) is 47.9. The van der Waals surface area contributed by atoms with E-state index in [1.54, 1.807) is 0 Å². The van der Waals surface area contributed by atoms with E-state index in [1.165, 1.54) is 122 Å². The molecule has 0 spiro atoms. The fourth-order valence-corrected chi connectivity index (χ4v) is 11.3. The molecule has 0 amide bonds. The zero-order valence-corrected chi connectivity index (χ0v) is 43.8. The number of hydrogen-bond acceptors (Lipinski definition) is 2. The molecule has 9 aromatic carbocycles. The van der Waals surface area contributed by atoms with Crippen molar-refractivity contribution in [3.63, 3.8) is 0 Å². The predicted octanol–water partition coefficient (Wildman–Crippen LogP) is 19.9. The number of para-hydroxylation sites is 2. The molecule has 0 aliphatic rings. The van der Waals surface area contributed by atoms with Crippen molar-refractivity contribution in [2.45, 2.75) is 48.0 Å². The van der Waals surface area contributed by atoms with Crippen molar-refractivity contribution < 1.29 is 0 Å². The summed E-state index contributed by atoms with van der Waals surface area (Å²) in [5.74, 6) is 0. The van der Waals surface area contributed by atoms with Gasteiger partial charge in [0.05, 0.1) is 22.1 Å². The van der Waals surface area contributed by atoms with E-state index in [9.17, 15) is 0 Å². The Hall–Kier alpha value is -8.44. The molecule has 0 unspecified atom stereocenters. The van der Waals surface area contributed by atoms with Gasteiger partial charge in [-0.25, -0.2) is 0 Å². The number of aromatic nitrogens is 3. The number of hydrogen-bond donors (Lipinski definition) is 1. The first-order valence-corrected chi connectivity index (χ1v) is 26.4. The Labute approximate surface area is 440 Å². The zero-order chi connectivity index (χ0) is 50.9. The van der Waals surface area contributed by atoms with E-state index in [-0.39, 0.29) is 0 Å². The molecule has 360 valence electrons. The number of benzene rings is 9. The van der Waals surface area contributed by atoms with Crippen LogP contribution in [0.15, 0.2) is 236 Å². The summed E-state index contributed by atoms with van der Waals surface area (Å²) in [7, 11) is 0. The van der Waals surface area contributed by atoms with Gasteiger partial charge in [0, 0.05) is 55.8 Å². The van der Waals surface area contributed by atoms with Gasteiger partial charge in [0.25, 0.3) is 0 Å². The quantitative estimate of drug-likeness (QED) is 0.107. The van der Waals surface area contributed by atoms with Gasteiger partial charge in [0.1, 0.15) is 0 Å². The second-order valence-corrected chi connectivity index (χ2v) is 19.3. The van der Waals surface area contributed by atoms with Crippen molar-refractivity contribution in [2.24, 2.45) is 0 Å². The Morgan fingerprint density at radius 1 is 0.446 bits per heavy atom. The van der Waals surface area contributed by atoms with Crippen LogP contribution in [-0.2, 0) is 0 Å². The summed E-state index contributed by atoms with van der Waals surface area (Å²) in [5.41, 5.74) is 23.8. The van der Waals surface area contributed by atoms with Crippen LogP contribution in [-0.4, -0.2) is 14.1 Å². The third-order valence-electron chi connectivity index (χ3n) is 14.5. The van der Waals surface area contributed by atoms with Crippen molar-refractivity contribution in [2.75, 3.05) is 0 Å². The highest BCUT2D eigenvalue weighted by Gasteiger charge is 2.18. The number of nitrogens with zero attached hydrogens (tertiary/aromatic N) is 3. The number of thiol groups is 1. The lowest BCUT2D eigenvalue weighted by Crippen LogP contribution is -1.93. The molecule has 0 aliphatic carbocycles. The third kappa shape index (κ3) is 8.76. The van der Waals surface area contributed by atoms with Gasteiger partial charge in [-0.2, -0.15) is 0 Å². The number of rotatable bonds is 10. The highest BCUT2D eigenvalue weighted by molar-refractivity contribution is 7.85. The molecule has 3 heterocycles. The van der Waals surface area contributed by atoms with Crippen LogP contribution in [0.1, 0.15) is 50.8 Å². The number of aryl methyl sites for hydroxylation is 2. The van der Waals surface area contributed by atoms with Crippen LogP contribution in [0.4, 0.5) is 0 Å². The molecule has 3 nitrogen and oxygen atoms in total. The first-order valence-electron chi connectivity index (χ1n) is 25.9. The largest absolute Gasteiger partial charge is 0.309 e. The average Bonchev–Trinajstić information content (AvgIpc) is 3.96. The van der Waals surface area contributed by atoms with E-state index in [1.807, 2.05) is 39.2 Å². The molecule has 0 atom stereocenters. The van der Waals surface area contributed by atoms with Gasteiger partial charge >= 0.3 is 0 Å². The molecule has 12 aromatic rings. The van der Waals surface area contributed by atoms with E-state index >= 15 is 0 Å². The maximum Gasteiger partial charge on any atom is 0.0541 e. The van der Waals surface area contributed by atoms with E-state index < -0.39 is 0 Å². The van der Waals surface area contributed by atoms with Crippen LogP contribution in [0.3, 0.4) is 0 Å². The van der Waals surface area contributed by atoms with Crippen molar-refractivity contribution in [3.05, 3.63) is 252 Å². The highest BCUT2D eigenvalue weighted by Crippen LogP contribution is 2.41. The normalized spacial score (nSPS) is 11.9. The molecule has 0 radical (unpaired) electrons. The lowest BCUT2D eigenvalue weighted by atomic mass is 9.94. The van der Waals surface area contributed by atoms with Crippen LogP contribution in [0.2, 0.25) is 0 Å². The molecule has 12 rings (SSSR count). The minimum absolute atomic E-state index is 0.916. The predicted molar refractivity (Wildman–Crippen MR) is 322 cm³/mol. The summed E-state index contributed by atoms with van der Waals surface area (Å²) in [4.78, 5) is 5.44. The van der Waals surface area contributed by atoms with Crippen LogP contribution >= 0.6 is 12.6 Å². The second-order valence-electron chi connectivity index (χ2n) is 18.9. The summed E-state index contributed by atoms with van der Waals surface area (Å²) < 4.78 is 4.80. The van der Waals surface area contributed by atoms with Crippen LogP contribution in [0, 0.1) is 13.8 Å². The maximum absolute atomic E-state index is 4.81. The molecule has 0 fully saturated rings. The van der Waals surface area contributed by atoms with Gasteiger partial charge in [-0.1, -0.05) is 154 Å². The van der Waals surface area contributed by atoms with Gasteiger partial charge in [0.2, 0.25) is 0 Å². The molecular weight excluding hydrogens is 915 g/mol. The van der Waals surface area contributed by atoms with Crippen molar-refractivity contribution in [1.29, 1.82) is 0 Å². The Morgan fingerprint density at radius 3 is 1.32 bits per heavy atom. The molecule has 74 heavy (non-hydrogen) atoms. The molecular formula is C70H59N3S. The average molecular weight is 974 g/mol. The van der Waals surface area contributed by atoms with E-state index in [0.29, 0.717) is 0 Å². The standard InChI is InChI=1S/C68H53N3S.C2H6/c1-5-14-68(72)57(6-2)47-23-21-46(22-24-47)51-26-31-64-59(39-51)60-40-52(27-32-65(60)70(64)55-17-9-7-10-18-55)48-15-13-16-49(38-48)53-28-33-66-61(41-53)62-42-54(29-34-67(62)71(66)56-19-11-8-12-20-56)50-25-30-58(45(4)37-50)63-43-69-36-35-44(63)3;1-2/h5,7-43,72H,6H2,1-4H3;1-2H3/b14-5-,68-57-;. The first-order chi connectivity index (χ1) is 36.3. The third-order valence-corrected chi connectivity index (χ3v) is 15.0. The molecule has 4 heteroatoms. The summed E-state index contributed by atoms with van der Waals surface area (Å²) in [5, 5.41) is 4.90. The second kappa shape index (κ2) is 20.6. The minimum Gasteiger partial charge on any atom is -0.309 e. The highest BCUT2D eigenvalue weighted by atomic mass is 32.1. The van der Waals surface area contributed by atoms with Crippen LogP contribution in [0.25, 0.3) is 116 Å². The molecule has 0 saturated carbocycles. The number of fused-ring (bicyclic) bond motifs is 6.